The van der Waals surface area contributed by atoms with Crippen LogP contribution in [0.15, 0.2) is 24.3 Å². The average Bonchev–Trinajstić information content (AvgIpc) is 2.06. The van der Waals surface area contributed by atoms with Crippen molar-refractivity contribution < 1.29 is 13.2 Å². The van der Waals surface area contributed by atoms with Crippen LogP contribution in [-0.2, 0) is 5.75 Å². The number of thioether (sulfide) groups is 1. The van der Waals surface area contributed by atoms with E-state index in [1.54, 1.807) is 24.3 Å². The molecule has 78 valence electrons. The first kappa shape index (κ1) is 11.7. The lowest BCUT2D eigenvalue weighted by Crippen LogP contribution is -2.10. The Hall–Kier alpha value is -0.350. The Balaban J connectivity index is 2.35. The highest BCUT2D eigenvalue weighted by Crippen LogP contribution is 2.24. The molecule has 0 fully saturated rings. The van der Waals surface area contributed by atoms with Crippen LogP contribution in [0.2, 0.25) is 5.02 Å². The Morgan fingerprint density at radius 2 is 1.71 bits per heavy atom. The molecule has 0 radical (unpaired) electrons. The van der Waals surface area contributed by atoms with Gasteiger partial charge in [-0.1, -0.05) is 23.7 Å². The van der Waals surface area contributed by atoms with E-state index in [9.17, 15) is 13.2 Å². The SMILES string of the molecule is FC(F)(F)CSCc1ccc(Cl)cc1. The third-order valence-corrected chi connectivity index (χ3v) is 2.77. The Morgan fingerprint density at radius 1 is 1.14 bits per heavy atom. The second-order valence-electron chi connectivity index (χ2n) is 2.73. The monoisotopic (exact) mass is 240 g/mol. The first-order valence-corrected chi connectivity index (χ1v) is 5.39. The molecule has 1 aromatic rings. The quantitative estimate of drug-likeness (QED) is 0.765. The van der Waals surface area contributed by atoms with Crippen LogP contribution in [0, 0.1) is 0 Å². The van der Waals surface area contributed by atoms with Crippen molar-refractivity contribution in [3.63, 3.8) is 0 Å². The fourth-order valence-corrected chi connectivity index (χ4v) is 1.75. The summed E-state index contributed by atoms with van der Waals surface area (Å²) < 4.78 is 35.3. The molecule has 0 aliphatic heterocycles. The molecule has 0 aromatic heterocycles. The van der Waals surface area contributed by atoms with Crippen molar-refractivity contribution in [3.05, 3.63) is 34.9 Å². The maximum absolute atomic E-state index is 11.8. The Kier molecular flexibility index (Phi) is 4.13. The van der Waals surface area contributed by atoms with Gasteiger partial charge in [0.1, 0.15) is 0 Å². The molecule has 0 saturated heterocycles. The van der Waals surface area contributed by atoms with Crippen LogP contribution in [0.25, 0.3) is 0 Å². The lowest BCUT2D eigenvalue weighted by molar-refractivity contribution is -0.105. The molecule has 0 aliphatic carbocycles. The van der Waals surface area contributed by atoms with Crippen LogP contribution >= 0.6 is 23.4 Å². The highest BCUT2D eigenvalue weighted by atomic mass is 35.5. The van der Waals surface area contributed by atoms with Gasteiger partial charge in [0.05, 0.1) is 5.75 Å². The molecule has 0 bridgehead atoms. The van der Waals surface area contributed by atoms with E-state index in [4.69, 9.17) is 11.6 Å². The molecule has 0 aliphatic rings. The summed E-state index contributed by atoms with van der Waals surface area (Å²) in [5.41, 5.74) is 0.851. The van der Waals surface area contributed by atoms with Crippen molar-refractivity contribution in [3.8, 4) is 0 Å². The Labute approximate surface area is 89.4 Å². The fourth-order valence-electron chi connectivity index (χ4n) is 0.865. The van der Waals surface area contributed by atoms with E-state index in [0.29, 0.717) is 10.8 Å². The number of halogens is 4. The number of hydrogen-bond acceptors (Lipinski definition) is 1. The lowest BCUT2D eigenvalue weighted by Gasteiger charge is -2.05. The highest BCUT2D eigenvalue weighted by Gasteiger charge is 2.26. The molecule has 0 spiro atoms. The molecule has 0 saturated carbocycles. The minimum absolute atomic E-state index is 0.358. The summed E-state index contributed by atoms with van der Waals surface area (Å²) in [6, 6.07) is 6.80. The summed E-state index contributed by atoms with van der Waals surface area (Å²) in [5.74, 6) is -0.452. The summed E-state index contributed by atoms with van der Waals surface area (Å²) in [6.07, 6.45) is -4.09. The Morgan fingerprint density at radius 3 is 2.21 bits per heavy atom. The molecule has 0 nitrogen and oxygen atoms in total. The zero-order valence-corrected chi connectivity index (χ0v) is 8.72. The first-order valence-electron chi connectivity index (χ1n) is 3.86. The van der Waals surface area contributed by atoms with Gasteiger partial charge in [-0.3, -0.25) is 0 Å². The standard InChI is InChI=1S/C9H8ClF3S/c10-8-3-1-7(2-4-8)5-14-6-9(11,12)13/h1-4H,5-6H2. The van der Waals surface area contributed by atoms with Crippen molar-refractivity contribution in [2.75, 3.05) is 5.75 Å². The van der Waals surface area contributed by atoms with Gasteiger partial charge < -0.3 is 0 Å². The summed E-state index contributed by atoms with van der Waals surface area (Å²) in [6.45, 7) is 0. The topological polar surface area (TPSA) is 0 Å². The maximum Gasteiger partial charge on any atom is 0.397 e. The van der Waals surface area contributed by atoms with E-state index in [2.05, 4.69) is 0 Å². The predicted octanol–water partition coefficient (Wildman–Crippen LogP) is 4.14. The molecule has 0 unspecified atom stereocenters. The van der Waals surface area contributed by atoms with Crippen molar-refractivity contribution >= 4 is 23.4 Å². The van der Waals surface area contributed by atoms with Gasteiger partial charge in [0.15, 0.2) is 0 Å². The van der Waals surface area contributed by atoms with Crippen molar-refractivity contribution in [1.82, 2.24) is 0 Å². The molecule has 1 aromatic carbocycles. The van der Waals surface area contributed by atoms with Crippen molar-refractivity contribution in [2.45, 2.75) is 11.9 Å². The van der Waals surface area contributed by atoms with E-state index in [-0.39, 0.29) is 0 Å². The van der Waals surface area contributed by atoms with Gasteiger partial charge in [-0.05, 0) is 17.7 Å². The molecular formula is C9H8ClF3S. The molecular weight excluding hydrogens is 233 g/mol. The molecule has 5 heteroatoms. The second-order valence-corrected chi connectivity index (χ2v) is 4.16. The van der Waals surface area contributed by atoms with Gasteiger partial charge in [0.2, 0.25) is 0 Å². The van der Waals surface area contributed by atoms with Gasteiger partial charge in [-0.25, -0.2) is 0 Å². The molecule has 0 amide bonds. The molecule has 0 atom stereocenters. The largest absolute Gasteiger partial charge is 0.397 e. The van der Waals surface area contributed by atoms with Crippen LogP contribution in [0.4, 0.5) is 13.2 Å². The van der Waals surface area contributed by atoms with Crippen LogP contribution in [0.3, 0.4) is 0 Å². The Bertz CT molecular complexity index is 281. The van der Waals surface area contributed by atoms with Crippen LogP contribution in [-0.4, -0.2) is 11.9 Å². The minimum atomic E-state index is -4.09. The van der Waals surface area contributed by atoms with E-state index >= 15 is 0 Å². The third kappa shape index (κ3) is 4.77. The summed E-state index contributed by atoms with van der Waals surface area (Å²) in [4.78, 5) is 0. The smallest absolute Gasteiger partial charge is 0.170 e. The van der Waals surface area contributed by atoms with Gasteiger partial charge >= 0.3 is 6.18 Å². The minimum Gasteiger partial charge on any atom is -0.170 e. The molecule has 14 heavy (non-hydrogen) atoms. The van der Waals surface area contributed by atoms with Crippen LogP contribution in [0.1, 0.15) is 5.56 Å². The third-order valence-electron chi connectivity index (χ3n) is 1.45. The van der Waals surface area contributed by atoms with Crippen LogP contribution in [0.5, 0.6) is 0 Å². The summed E-state index contributed by atoms with van der Waals surface area (Å²) in [5, 5.41) is 0.592. The average molecular weight is 241 g/mol. The molecule has 0 N–H and O–H groups in total. The van der Waals surface area contributed by atoms with Gasteiger partial charge in [-0.15, -0.1) is 11.8 Å². The fraction of sp³-hybridized carbons (Fsp3) is 0.333. The molecule has 1 rings (SSSR count). The summed E-state index contributed by atoms with van der Waals surface area (Å²) >= 11 is 6.48. The van der Waals surface area contributed by atoms with E-state index in [0.717, 1.165) is 17.3 Å². The van der Waals surface area contributed by atoms with Gasteiger partial charge in [-0.2, -0.15) is 13.2 Å². The lowest BCUT2D eigenvalue weighted by atomic mass is 10.2. The molecule has 0 heterocycles. The zero-order chi connectivity index (χ0) is 10.6. The summed E-state index contributed by atoms with van der Waals surface area (Å²) in [7, 11) is 0. The van der Waals surface area contributed by atoms with E-state index in [1.165, 1.54) is 0 Å². The predicted molar refractivity (Wildman–Crippen MR) is 53.7 cm³/mol. The van der Waals surface area contributed by atoms with E-state index in [1.807, 2.05) is 0 Å². The zero-order valence-electron chi connectivity index (χ0n) is 7.14. The van der Waals surface area contributed by atoms with Crippen molar-refractivity contribution in [2.24, 2.45) is 0 Å². The van der Waals surface area contributed by atoms with E-state index < -0.39 is 11.9 Å². The normalized spacial score (nSPS) is 11.7. The van der Waals surface area contributed by atoms with Crippen LogP contribution < -0.4 is 0 Å². The first-order chi connectivity index (χ1) is 6.47. The second kappa shape index (κ2) is 4.94. The maximum atomic E-state index is 11.8. The number of hydrogen-bond donors (Lipinski definition) is 0. The number of rotatable bonds is 3. The van der Waals surface area contributed by atoms with Gasteiger partial charge in [0, 0.05) is 10.8 Å². The van der Waals surface area contributed by atoms with Gasteiger partial charge in [0.25, 0.3) is 0 Å². The number of alkyl halides is 3. The highest BCUT2D eigenvalue weighted by molar-refractivity contribution is 7.98. The van der Waals surface area contributed by atoms with Crippen molar-refractivity contribution in [1.29, 1.82) is 0 Å². The number of benzene rings is 1.